The van der Waals surface area contributed by atoms with Gasteiger partial charge in [0.2, 0.25) is 0 Å². The topological polar surface area (TPSA) is 70.6 Å². The summed E-state index contributed by atoms with van der Waals surface area (Å²) in [5.74, 6) is -0.321. The Morgan fingerprint density at radius 1 is 0.941 bits per heavy atom. The third-order valence-electron chi connectivity index (χ3n) is 5.72. The third-order valence-corrected chi connectivity index (χ3v) is 6.83. The minimum atomic E-state index is -4.39. The lowest BCUT2D eigenvalue weighted by molar-refractivity contribution is -0.137. The van der Waals surface area contributed by atoms with Crippen LogP contribution in [0.5, 0.6) is 0 Å². The average molecular weight is 490 g/mol. The summed E-state index contributed by atoms with van der Waals surface area (Å²) < 4.78 is 62.7. The Kier molecular flexibility index (Phi) is 6.35. The van der Waals surface area contributed by atoms with E-state index in [-0.39, 0.29) is 16.4 Å². The fraction of sp³-hybridized carbons (Fsp3) is 0.250. The number of carbonyl (C=O) groups excluding carboxylic acids is 1. The first kappa shape index (κ1) is 23.7. The van der Waals surface area contributed by atoms with E-state index < -0.39 is 21.6 Å². The lowest BCUT2D eigenvalue weighted by atomic mass is 10.0. The molecule has 2 aromatic carbocycles. The molecule has 0 saturated carbocycles. The maximum absolute atomic E-state index is 13.4. The number of amides is 1. The number of aromatic nitrogens is 1. The van der Waals surface area contributed by atoms with E-state index in [0.29, 0.717) is 43.1 Å². The molecule has 0 aliphatic carbocycles. The fourth-order valence-corrected chi connectivity index (χ4v) is 4.52. The first-order valence-electron chi connectivity index (χ1n) is 10.5. The van der Waals surface area contributed by atoms with Gasteiger partial charge in [0.05, 0.1) is 21.7 Å². The second kappa shape index (κ2) is 9.09. The van der Waals surface area contributed by atoms with Gasteiger partial charge >= 0.3 is 6.18 Å². The Morgan fingerprint density at radius 3 is 2.18 bits per heavy atom. The molecule has 1 aromatic heterocycles. The van der Waals surface area contributed by atoms with Crippen LogP contribution in [0.3, 0.4) is 0 Å². The van der Waals surface area contributed by atoms with Crippen LogP contribution in [-0.4, -0.2) is 56.6 Å². The molecule has 0 atom stereocenters. The van der Waals surface area contributed by atoms with Crippen molar-refractivity contribution < 1.29 is 26.4 Å². The molecule has 178 valence electrons. The highest BCUT2D eigenvalue weighted by molar-refractivity contribution is 7.90. The molecule has 34 heavy (non-hydrogen) atoms. The van der Waals surface area contributed by atoms with Gasteiger partial charge in [-0.15, -0.1) is 0 Å². The summed E-state index contributed by atoms with van der Waals surface area (Å²) >= 11 is 0. The second-order valence-corrected chi connectivity index (χ2v) is 10.0. The lowest BCUT2D eigenvalue weighted by Crippen LogP contribution is -2.49. The normalized spacial score (nSPS) is 14.8. The van der Waals surface area contributed by atoms with E-state index in [9.17, 15) is 26.4 Å². The molecule has 0 unspecified atom stereocenters. The first-order valence-corrected chi connectivity index (χ1v) is 12.4. The number of pyridine rings is 1. The van der Waals surface area contributed by atoms with Crippen molar-refractivity contribution in [2.24, 2.45) is 0 Å². The molecule has 1 amide bonds. The number of benzene rings is 2. The van der Waals surface area contributed by atoms with Gasteiger partial charge in [-0.1, -0.05) is 12.1 Å². The number of hydrogen-bond donors (Lipinski definition) is 0. The molecule has 2 heterocycles. The van der Waals surface area contributed by atoms with Gasteiger partial charge in [0.25, 0.3) is 5.91 Å². The van der Waals surface area contributed by atoms with E-state index in [2.05, 4.69) is 4.98 Å². The van der Waals surface area contributed by atoms with Gasteiger partial charge in [-0.3, -0.25) is 9.78 Å². The average Bonchev–Trinajstić information content (AvgIpc) is 2.83. The van der Waals surface area contributed by atoms with Gasteiger partial charge < -0.3 is 9.80 Å². The number of halogens is 3. The highest BCUT2D eigenvalue weighted by atomic mass is 32.2. The Morgan fingerprint density at radius 2 is 1.62 bits per heavy atom. The van der Waals surface area contributed by atoms with Gasteiger partial charge in [-0.05, 0) is 48.5 Å². The molecule has 0 radical (unpaired) electrons. The SMILES string of the molecule is CS(=O)(=O)c1ccc(-c2ccccn2)c(C(=O)N2CCN(c3ccc(C(F)(F)F)cc3)CC2)c1. The summed E-state index contributed by atoms with van der Waals surface area (Å²) in [6.45, 7) is 1.54. The molecule has 10 heteroatoms. The van der Waals surface area contributed by atoms with Crippen molar-refractivity contribution >= 4 is 21.4 Å². The van der Waals surface area contributed by atoms with Crippen LogP contribution in [0.1, 0.15) is 15.9 Å². The first-order chi connectivity index (χ1) is 16.0. The van der Waals surface area contributed by atoms with Crippen LogP contribution >= 0.6 is 0 Å². The smallest absolute Gasteiger partial charge is 0.368 e. The van der Waals surface area contributed by atoms with Crippen molar-refractivity contribution in [3.05, 3.63) is 78.0 Å². The van der Waals surface area contributed by atoms with Crippen LogP contribution < -0.4 is 4.90 Å². The molecule has 3 aromatic rings. The van der Waals surface area contributed by atoms with Crippen LogP contribution in [0.2, 0.25) is 0 Å². The molecule has 1 aliphatic rings. The molecule has 0 spiro atoms. The van der Waals surface area contributed by atoms with E-state index in [4.69, 9.17) is 0 Å². The van der Waals surface area contributed by atoms with E-state index in [1.165, 1.54) is 24.3 Å². The van der Waals surface area contributed by atoms with Gasteiger partial charge in [0.1, 0.15) is 0 Å². The number of sulfone groups is 1. The van der Waals surface area contributed by atoms with Crippen molar-refractivity contribution in [3.63, 3.8) is 0 Å². The quantitative estimate of drug-likeness (QED) is 0.551. The third kappa shape index (κ3) is 5.06. The van der Waals surface area contributed by atoms with E-state index in [0.717, 1.165) is 18.4 Å². The summed E-state index contributed by atoms with van der Waals surface area (Å²) in [6.07, 6.45) is -1.72. The predicted molar refractivity (Wildman–Crippen MR) is 122 cm³/mol. The number of alkyl halides is 3. The van der Waals surface area contributed by atoms with Gasteiger partial charge in [-0.2, -0.15) is 13.2 Å². The van der Waals surface area contributed by atoms with Crippen LogP contribution in [-0.2, 0) is 16.0 Å². The maximum atomic E-state index is 13.4. The van der Waals surface area contributed by atoms with E-state index in [1.54, 1.807) is 35.4 Å². The minimum absolute atomic E-state index is 0.0407. The van der Waals surface area contributed by atoms with Gasteiger partial charge in [-0.25, -0.2) is 8.42 Å². The fourth-order valence-electron chi connectivity index (χ4n) is 3.88. The standard InChI is InChI=1S/C24H22F3N3O3S/c1-34(32,33)19-9-10-20(22-4-2-3-11-28-22)21(16-19)23(31)30-14-12-29(13-15-30)18-7-5-17(6-8-18)24(25,26)27/h2-11,16H,12-15H2,1H3. The molecular formula is C24H22F3N3O3S. The second-order valence-electron chi connectivity index (χ2n) is 8.02. The number of hydrogen-bond acceptors (Lipinski definition) is 5. The number of rotatable bonds is 4. The summed E-state index contributed by atoms with van der Waals surface area (Å²) in [5.41, 5.74) is 1.26. The van der Waals surface area contributed by atoms with Crippen molar-refractivity contribution in [1.82, 2.24) is 9.88 Å². The predicted octanol–water partition coefficient (Wildman–Crippen LogP) is 4.13. The number of piperazine rings is 1. The zero-order chi connectivity index (χ0) is 24.5. The molecule has 4 rings (SSSR count). The highest BCUT2D eigenvalue weighted by Gasteiger charge is 2.31. The van der Waals surface area contributed by atoms with Crippen LogP contribution in [0, 0.1) is 0 Å². The lowest BCUT2D eigenvalue weighted by Gasteiger charge is -2.36. The van der Waals surface area contributed by atoms with Crippen molar-refractivity contribution in [1.29, 1.82) is 0 Å². The summed E-state index contributed by atoms with van der Waals surface area (Å²) in [7, 11) is -3.53. The molecule has 0 bridgehead atoms. The summed E-state index contributed by atoms with van der Waals surface area (Å²) in [6, 6.07) is 14.6. The Labute approximate surface area is 195 Å². The van der Waals surface area contributed by atoms with E-state index >= 15 is 0 Å². The van der Waals surface area contributed by atoms with Crippen molar-refractivity contribution in [3.8, 4) is 11.3 Å². The summed E-state index contributed by atoms with van der Waals surface area (Å²) in [5, 5.41) is 0. The minimum Gasteiger partial charge on any atom is -0.368 e. The molecule has 1 aliphatic heterocycles. The summed E-state index contributed by atoms with van der Waals surface area (Å²) in [4.78, 5) is 21.3. The number of carbonyl (C=O) groups is 1. The van der Waals surface area contributed by atoms with Gasteiger partial charge in [0.15, 0.2) is 9.84 Å². The number of nitrogens with zero attached hydrogens (tertiary/aromatic N) is 3. The zero-order valence-corrected chi connectivity index (χ0v) is 19.1. The van der Waals surface area contributed by atoms with Crippen LogP contribution in [0.4, 0.5) is 18.9 Å². The zero-order valence-electron chi connectivity index (χ0n) is 18.3. The Hall–Kier alpha value is -3.40. The molecule has 6 nitrogen and oxygen atoms in total. The number of anilines is 1. The maximum Gasteiger partial charge on any atom is 0.416 e. The molecule has 1 fully saturated rings. The Balaban J connectivity index is 1.56. The highest BCUT2D eigenvalue weighted by Crippen LogP contribution is 2.31. The molecule has 0 N–H and O–H groups in total. The van der Waals surface area contributed by atoms with Crippen molar-refractivity contribution in [2.75, 3.05) is 37.3 Å². The van der Waals surface area contributed by atoms with Crippen molar-refractivity contribution in [2.45, 2.75) is 11.1 Å². The molecule has 1 saturated heterocycles. The van der Waals surface area contributed by atoms with Crippen LogP contribution in [0.15, 0.2) is 71.8 Å². The monoisotopic (exact) mass is 489 g/mol. The largest absolute Gasteiger partial charge is 0.416 e. The van der Waals surface area contributed by atoms with E-state index in [1.807, 2.05) is 4.90 Å². The van der Waals surface area contributed by atoms with Gasteiger partial charge in [0, 0.05) is 49.9 Å². The molecular weight excluding hydrogens is 467 g/mol. The van der Waals surface area contributed by atoms with Crippen LogP contribution in [0.25, 0.3) is 11.3 Å². The Bertz CT molecular complexity index is 1290.